The Kier molecular flexibility index (Phi) is 4.83. The van der Waals surface area contributed by atoms with Gasteiger partial charge in [-0.3, -0.25) is 14.9 Å². The van der Waals surface area contributed by atoms with Crippen LogP contribution in [-0.2, 0) is 6.42 Å². The minimum Gasteiger partial charge on any atom is -0.387 e. The molecule has 1 aromatic carbocycles. The Morgan fingerprint density at radius 2 is 2.29 bits per heavy atom. The van der Waals surface area contributed by atoms with Gasteiger partial charge < -0.3 is 10.6 Å². The van der Waals surface area contributed by atoms with E-state index in [1.165, 1.54) is 29.5 Å². The summed E-state index contributed by atoms with van der Waals surface area (Å²) in [4.78, 5) is 26.5. The molecule has 2 rings (SSSR count). The summed E-state index contributed by atoms with van der Waals surface area (Å²) in [6.45, 7) is 0.425. The summed E-state index contributed by atoms with van der Waals surface area (Å²) in [5.74, 6) is -0.349. The van der Waals surface area contributed by atoms with E-state index in [0.717, 1.165) is 5.69 Å². The molecule has 1 aromatic heterocycles. The first-order valence-electron chi connectivity index (χ1n) is 6.23. The number of hydrogen-bond acceptors (Lipinski definition) is 6. The normalized spacial score (nSPS) is 10.1. The Hall–Kier alpha value is -2.48. The van der Waals surface area contributed by atoms with E-state index in [1.807, 2.05) is 5.38 Å². The summed E-state index contributed by atoms with van der Waals surface area (Å²) < 4.78 is 0. The highest BCUT2D eigenvalue weighted by molar-refractivity contribution is 7.07. The number of nitro benzene ring substituents is 1. The monoisotopic (exact) mass is 306 g/mol. The van der Waals surface area contributed by atoms with Gasteiger partial charge in [-0.2, -0.15) is 0 Å². The highest BCUT2D eigenvalue weighted by atomic mass is 32.1. The molecule has 0 unspecified atom stereocenters. The molecule has 0 saturated carbocycles. The van der Waals surface area contributed by atoms with E-state index in [-0.39, 0.29) is 17.2 Å². The minimum absolute atomic E-state index is 0.112. The molecular weight excluding hydrogens is 292 g/mol. The van der Waals surface area contributed by atoms with Gasteiger partial charge in [0.25, 0.3) is 11.6 Å². The van der Waals surface area contributed by atoms with Crippen LogP contribution < -0.4 is 10.6 Å². The molecule has 8 heteroatoms. The molecule has 0 aliphatic carbocycles. The van der Waals surface area contributed by atoms with Gasteiger partial charge in [0.2, 0.25) is 0 Å². The predicted molar refractivity (Wildman–Crippen MR) is 80.8 cm³/mol. The second-order valence-corrected chi connectivity index (χ2v) is 4.94. The topological polar surface area (TPSA) is 97.2 Å². The summed E-state index contributed by atoms with van der Waals surface area (Å²) in [5, 5.41) is 18.3. The summed E-state index contributed by atoms with van der Waals surface area (Å²) >= 11 is 1.50. The molecule has 0 atom stereocenters. The van der Waals surface area contributed by atoms with Crippen molar-refractivity contribution in [1.82, 2.24) is 10.3 Å². The summed E-state index contributed by atoms with van der Waals surface area (Å²) in [6.07, 6.45) is 0.624. The third-order valence-corrected chi connectivity index (χ3v) is 3.51. The van der Waals surface area contributed by atoms with Crippen molar-refractivity contribution in [3.8, 4) is 0 Å². The molecule has 2 N–H and O–H groups in total. The average molecular weight is 306 g/mol. The molecule has 2 aromatic rings. The third kappa shape index (κ3) is 3.76. The van der Waals surface area contributed by atoms with Gasteiger partial charge in [0.1, 0.15) is 0 Å². The maximum absolute atomic E-state index is 12.1. The molecule has 0 fully saturated rings. The fraction of sp³-hybridized carbons (Fsp3) is 0.231. The number of carbonyl (C=O) groups is 1. The second kappa shape index (κ2) is 6.80. The molecule has 0 aliphatic rings. The Labute approximate surface area is 125 Å². The first kappa shape index (κ1) is 14.9. The summed E-state index contributed by atoms with van der Waals surface area (Å²) in [7, 11) is 1.66. The van der Waals surface area contributed by atoms with Gasteiger partial charge in [-0.1, -0.05) is 0 Å². The molecule has 1 heterocycles. The van der Waals surface area contributed by atoms with Crippen LogP contribution in [0, 0.1) is 10.1 Å². The van der Waals surface area contributed by atoms with Gasteiger partial charge in [0.05, 0.1) is 21.7 Å². The molecule has 21 heavy (non-hydrogen) atoms. The molecule has 1 amide bonds. The van der Waals surface area contributed by atoms with E-state index < -0.39 is 4.92 Å². The van der Waals surface area contributed by atoms with Crippen molar-refractivity contribution in [3.05, 3.63) is 50.5 Å². The van der Waals surface area contributed by atoms with Crippen molar-refractivity contribution in [2.45, 2.75) is 6.42 Å². The second-order valence-electron chi connectivity index (χ2n) is 4.22. The third-order valence-electron chi connectivity index (χ3n) is 2.88. The lowest BCUT2D eigenvalue weighted by atomic mass is 10.1. The summed E-state index contributed by atoms with van der Waals surface area (Å²) in [6, 6.07) is 4.15. The smallest absolute Gasteiger partial charge is 0.270 e. The van der Waals surface area contributed by atoms with Crippen LogP contribution in [0.25, 0.3) is 0 Å². The zero-order valence-corrected chi connectivity index (χ0v) is 12.1. The van der Waals surface area contributed by atoms with Crippen LogP contribution in [0.3, 0.4) is 0 Å². The van der Waals surface area contributed by atoms with E-state index in [2.05, 4.69) is 15.6 Å². The maximum atomic E-state index is 12.1. The number of anilines is 1. The van der Waals surface area contributed by atoms with Gasteiger partial charge in [0, 0.05) is 43.2 Å². The van der Waals surface area contributed by atoms with Crippen molar-refractivity contribution in [2.24, 2.45) is 0 Å². The quantitative estimate of drug-likeness (QED) is 0.629. The van der Waals surface area contributed by atoms with Crippen LogP contribution in [0.1, 0.15) is 16.1 Å². The molecule has 0 aliphatic heterocycles. The highest BCUT2D eigenvalue weighted by Crippen LogP contribution is 2.21. The van der Waals surface area contributed by atoms with Crippen LogP contribution in [0.4, 0.5) is 11.4 Å². The SMILES string of the molecule is CNc1ccc([N+](=O)[O-])cc1C(=O)NCCc1cscn1. The van der Waals surface area contributed by atoms with Crippen LogP contribution in [0.15, 0.2) is 29.1 Å². The van der Waals surface area contributed by atoms with Crippen LogP contribution in [-0.4, -0.2) is 29.4 Å². The molecule has 0 bridgehead atoms. The van der Waals surface area contributed by atoms with Crippen molar-refractivity contribution in [2.75, 3.05) is 18.9 Å². The number of thiazole rings is 1. The molecule has 0 spiro atoms. The number of carbonyl (C=O) groups excluding carboxylic acids is 1. The fourth-order valence-electron chi connectivity index (χ4n) is 1.81. The zero-order valence-electron chi connectivity index (χ0n) is 11.3. The van der Waals surface area contributed by atoms with Crippen molar-refractivity contribution >= 4 is 28.6 Å². The fourth-order valence-corrected chi connectivity index (χ4v) is 2.40. The lowest BCUT2D eigenvalue weighted by Crippen LogP contribution is -2.26. The largest absolute Gasteiger partial charge is 0.387 e. The number of rotatable bonds is 6. The Bertz CT molecular complexity index is 643. The molecular formula is C13H14N4O3S. The average Bonchev–Trinajstić information content (AvgIpc) is 2.99. The predicted octanol–water partition coefficient (Wildman–Crippen LogP) is 2.07. The number of aromatic nitrogens is 1. The molecule has 110 valence electrons. The lowest BCUT2D eigenvalue weighted by Gasteiger charge is -2.09. The Balaban J connectivity index is 2.06. The number of nitrogens with zero attached hydrogens (tertiary/aromatic N) is 2. The highest BCUT2D eigenvalue weighted by Gasteiger charge is 2.15. The van der Waals surface area contributed by atoms with Crippen LogP contribution in [0.2, 0.25) is 0 Å². The summed E-state index contributed by atoms with van der Waals surface area (Å²) in [5.41, 5.74) is 3.33. The number of amides is 1. The zero-order chi connectivity index (χ0) is 15.2. The number of non-ortho nitro benzene ring substituents is 1. The molecule has 0 saturated heterocycles. The Morgan fingerprint density at radius 1 is 1.48 bits per heavy atom. The number of benzene rings is 1. The van der Waals surface area contributed by atoms with Gasteiger partial charge in [-0.15, -0.1) is 11.3 Å². The molecule has 0 radical (unpaired) electrons. The first-order valence-corrected chi connectivity index (χ1v) is 7.17. The number of nitro groups is 1. The van der Waals surface area contributed by atoms with E-state index in [1.54, 1.807) is 12.6 Å². The van der Waals surface area contributed by atoms with Gasteiger partial charge in [0.15, 0.2) is 0 Å². The van der Waals surface area contributed by atoms with Gasteiger partial charge in [-0.05, 0) is 6.07 Å². The van der Waals surface area contributed by atoms with Crippen LogP contribution in [0.5, 0.6) is 0 Å². The first-order chi connectivity index (χ1) is 10.1. The standard InChI is InChI=1S/C13H14N4O3S/c1-14-12-3-2-10(17(19)20)6-11(12)13(18)15-5-4-9-7-21-8-16-9/h2-3,6-8,14H,4-5H2,1H3,(H,15,18). The minimum atomic E-state index is -0.522. The number of nitrogens with one attached hydrogen (secondary N) is 2. The molecule has 7 nitrogen and oxygen atoms in total. The van der Waals surface area contributed by atoms with Crippen LogP contribution >= 0.6 is 11.3 Å². The van der Waals surface area contributed by atoms with E-state index in [9.17, 15) is 14.9 Å². The van der Waals surface area contributed by atoms with Crippen molar-refractivity contribution < 1.29 is 9.72 Å². The maximum Gasteiger partial charge on any atom is 0.270 e. The van der Waals surface area contributed by atoms with Crippen molar-refractivity contribution in [1.29, 1.82) is 0 Å². The van der Waals surface area contributed by atoms with E-state index in [4.69, 9.17) is 0 Å². The van der Waals surface area contributed by atoms with Gasteiger partial charge >= 0.3 is 0 Å². The Morgan fingerprint density at radius 3 is 2.90 bits per heavy atom. The van der Waals surface area contributed by atoms with E-state index in [0.29, 0.717) is 18.7 Å². The number of hydrogen-bond donors (Lipinski definition) is 2. The van der Waals surface area contributed by atoms with Crippen molar-refractivity contribution in [3.63, 3.8) is 0 Å². The van der Waals surface area contributed by atoms with E-state index >= 15 is 0 Å². The van der Waals surface area contributed by atoms with Gasteiger partial charge in [-0.25, -0.2) is 4.98 Å². The lowest BCUT2D eigenvalue weighted by molar-refractivity contribution is -0.384.